The highest BCUT2D eigenvalue weighted by Gasteiger charge is 2.24. The normalized spacial score (nSPS) is 24.0. The molecular weight excluding hydrogens is 114 g/mol. The smallest absolute Gasteiger partial charge is 0.171 e. The van der Waals surface area contributed by atoms with Crippen LogP contribution in [0.4, 0.5) is 0 Å². The van der Waals surface area contributed by atoms with E-state index in [1.165, 1.54) is 0 Å². The fourth-order valence-electron chi connectivity index (χ4n) is 0.336. The topological polar surface area (TPSA) is 48.0 Å². The summed E-state index contributed by atoms with van der Waals surface area (Å²) in [4.78, 5) is 0. The first-order valence-electron chi connectivity index (χ1n) is 1.67. The van der Waals surface area contributed by atoms with Gasteiger partial charge in [-0.2, -0.15) is 4.28 Å². The van der Waals surface area contributed by atoms with Gasteiger partial charge in [-0.1, -0.05) is 5.48 Å². The van der Waals surface area contributed by atoms with E-state index < -0.39 is 0 Å². The SMILES string of the molecule is [N]1OSC2=C1N=N2. The maximum atomic E-state index is 4.51. The lowest BCUT2D eigenvalue weighted by atomic mass is 10.7. The van der Waals surface area contributed by atoms with Crippen molar-refractivity contribution in [1.82, 2.24) is 5.48 Å². The minimum Gasteiger partial charge on any atom is -0.171 e. The van der Waals surface area contributed by atoms with E-state index >= 15 is 0 Å². The van der Waals surface area contributed by atoms with Crippen LogP contribution in [0.25, 0.3) is 0 Å². The van der Waals surface area contributed by atoms with E-state index in [1.807, 2.05) is 0 Å². The second-order valence-electron chi connectivity index (χ2n) is 1.08. The average Bonchev–Trinajstić information content (AvgIpc) is 1.85. The third-order valence-corrected chi connectivity index (χ3v) is 1.24. The second-order valence-corrected chi connectivity index (χ2v) is 1.78. The second kappa shape index (κ2) is 0.988. The largest absolute Gasteiger partial charge is 0.238 e. The molecule has 0 aromatic rings. The van der Waals surface area contributed by atoms with Crippen LogP contribution in [0.15, 0.2) is 21.1 Å². The molecule has 2 aliphatic heterocycles. The molecule has 0 N–H and O–H groups in total. The lowest BCUT2D eigenvalue weighted by Gasteiger charge is -1.93. The molecule has 0 atom stereocenters. The molecule has 2 rings (SSSR count). The van der Waals surface area contributed by atoms with E-state index in [-0.39, 0.29) is 0 Å². The summed E-state index contributed by atoms with van der Waals surface area (Å²) in [5.74, 6) is 0.630. The quantitative estimate of drug-likeness (QED) is 0.437. The van der Waals surface area contributed by atoms with Gasteiger partial charge in [0.15, 0.2) is 5.03 Å². The Morgan fingerprint density at radius 2 is 2.43 bits per heavy atom. The van der Waals surface area contributed by atoms with Gasteiger partial charge in [0.1, 0.15) is 0 Å². The summed E-state index contributed by atoms with van der Waals surface area (Å²) in [6, 6.07) is 0. The van der Waals surface area contributed by atoms with Gasteiger partial charge in [0, 0.05) is 0 Å². The Bertz CT molecular complexity index is 146. The van der Waals surface area contributed by atoms with Crippen LogP contribution < -0.4 is 5.48 Å². The van der Waals surface area contributed by atoms with Crippen molar-refractivity contribution in [2.75, 3.05) is 0 Å². The first-order valence-corrected chi connectivity index (χ1v) is 2.42. The molecule has 5 heteroatoms. The molecule has 0 aliphatic carbocycles. The van der Waals surface area contributed by atoms with Gasteiger partial charge in [-0.25, -0.2) is 0 Å². The molecule has 2 aliphatic rings. The summed E-state index contributed by atoms with van der Waals surface area (Å²) in [6.45, 7) is 0. The minimum atomic E-state index is 0.630. The van der Waals surface area contributed by atoms with E-state index in [2.05, 4.69) is 20.0 Å². The molecule has 0 saturated carbocycles. The van der Waals surface area contributed by atoms with Gasteiger partial charge in [0.2, 0.25) is 5.82 Å². The van der Waals surface area contributed by atoms with E-state index in [0.717, 1.165) is 17.1 Å². The van der Waals surface area contributed by atoms with Crippen molar-refractivity contribution in [2.45, 2.75) is 0 Å². The first-order chi connectivity index (χ1) is 3.47. The highest BCUT2D eigenvalue weighted by atomic mass is 32.2. The molecular formula is C2N3OS. The van der Waals surface area contributed by atoms with E-state index in [0.29, 0.717) is 5.82 Å². The summed E-state index contributed by atoms with van der Waals surface area (Å²) in [7, 11) is 0. The van der Waals surface area contributed by atoms with Gasteiger partial charge in [0.05, 0.1) is 12.0 Å². The molecule has 0 bridgehead atoms. The standard InChI is InChI=1S/C2N3OS/c3-1-2(4-3)7-6-5-1. The number of hydrogen-bond donors (Lipinski definition) is 0. The van der Waals surface area contributed by atoms with Crippen LogP contribution in [0, 0.1) is 0 Å². The molecule has 7 heavy (non-hydrogen) atoms. The Hall–Kier alpha value is -0.550. The highest BCUT2D eigenvalue weighted by molar-refractivity contribution is 7.98. The Morgan fingerprint density at radius 3 is 2.71 bits per heavy atom. The molecule has 0 saturated heterocycles. The third-order valence-electron chi connectivity index (χ3n) is 0.667. The predicted molar refractivity (Wildman–Crippen MR) is 22.7 cm³/mol. The van der Waals surface area contributed by atoms with E-state index in [1.54, 1.807) is 0 Å². The van der Waals surface area contributed by atoms with Crippen molar-refractivity contribution >= 4 is 12.0 Å². The zero-order valence-corrected chi connectivity index (χ0v) is 3.97. The Kier molecular flexibility index (Phi) is 0.487. The van der Waals surface area contributed by atoms with Crippen molar-refractivity contribution in [2.24, 2.45) is 10.2 Å². The zero-order chi connectivity index (χ0) is 4.69. The first kappa shape index (κ1) is 3.45. The minimum absolute atomic E-state index is 0.630. The van der Waals surface area contributed by atoms with Crippen molar-refractivity contribution < 1.29 is 4.28 Å². The number of hydroxylamine groups is 1. The molecule has 0 aromatic carbocycles. The van der Waals surface area contributed by atoms with Crippen molar-refractivity contribution in [3.05, 3.63) is 10.9 Å². The number of rotatable bonds is 0. The van der Waals surface area contributed by atoms with Gasteiger partial charge in [-0.15, -0.1) is 10.2 Å². The summed E-state index contributed by atoms with van der Waals surface area (Å²) in [5.41, 5.74) is 3.49. The van der Waals surface area contributed by atoms with Crippen LogP contribution in [-0.4, -0.2) is 0 Å². The molecule has 35 valence electrons. The lowest BCUT2D eigenvalue weighted by molar-refractivity contribution is 0.275. The van der Waals surface area contributed by atoms with Crippen LogP contribution in [0.1, 0.15) is 0 Å². The maximum absolute atomic E-state index is 4.51. The monoisotopic (exact) mass is 114 g/mol. The van der Waals surface area contributed by atoms with E-state index in [9.17, 15) is 0 Å². The third kappa shape index (κ3) is 0.311. The Balaban J connectivity index is 2.31. The molecule has 0 amide bonds. The average molecular weight is 114 g/mol. The maximum Gasteiger partial charge on any atom is 0.238 e. The van der Waals surface area contributed by atoms with Gasteiger partial charge in [-0.05, 0) is 0 Å². The molecule has 2 heterocycles. The molecule has 1 radical (unpaired) electrons. The number of azo groups is 1. The molecule has 4 nitrogen and oxygen atoms in total. The zero-order valence-electron chi connectivity index (χ0n) is 3.16. The van der Waals surface area contributed by atoms with E-state index in [4.69, 9.17) is 0 Å². The van der Waals surface area contributed by atoms with Crippen molar-refractivity contribution in [3.8, 4) is 0 Å². The summed E-state index contributed by atoms with van der Waals surface area (Å²) in [6.07, 6.45) is 0. The van der Waals surface area contributed by atoms with Crippen LogP contribution in [0.5, 0.6) is 0 Å². The molecule has 0 fully saturated rings. The Labute approximate surface area is 43.8 Å². The fourth-order valence-corrected chi connectivity index (χ4v) is 0.741. The molecule has 0 spiro atoms. The summed E-state index contributed by atoms with van der Waals surface area (Å²) in [5, 5.41) is 7.89. The number of nitrogens with zero attached hydrogens (tertiary/aromatic N) is 3. The van der Waals surface area contributed by atoms with Crippen LogP contribution in [0.3, 0.4) is 0 Å². The van der Waals surface area contributed by atoms with Gasteiger partial charge >= 0.3 is 0 Å². The van der Waals surface area contributed by atoms with Crippen LogP contribution in [-0.2, 0) is 4.28 Å². The Morgan fingerprint density at radius 1 is 1.43 bits per heavy atom. The van der Waals surface area contributed by atoms with Gasteiger partial charge < -0.3 is 0 Å². The molecule has 0 unspecified atom stereocenters. The summed E-state index contributed by atoms with van der Waals surface area (Å²) < 4.78 is 4.51. The van der Waals surface area contributed by atoms with Crippen LogP contribution >= 0.6 is 12.0 Å². The van der Waals surface area contributed by atoms with Crippen molar-refractivity contribution in [1.29, 1.82) is 0 Å². The summed E-state index contributed by atoms with van der Waals surface area (Å²) >= 11 is 1.14. The van der Waals surface area contributed by atoms with Gasteiger partial charge in [0.25, 0.3) is 0 Å². The lowest BCUT2D eigenvalue weighted by Crippen LogP contribution is -1.94. The van der Waals surface area contributed by atoms with Gasteiger partial charge in [-0.3, -0.25) is 0 Å². The van der Waals surface area contributed by atoms with Crippen molar-refractivity contribution in [3.63, 3.8) is 0 Å². The fraction of sp³-hybridized carbons (Fsp3) is 0. The predicted octanol–water partition coefficient (Wildman–Crippen LogP) is 0.777. The van der Waals surface area contributed by atoms with Crippen LogP contribution in [0.2, 0.25) is 0 Å². The molecule has 0 aromatic heterocycles. The number of hydrogen-bond acceptors (Lipinski definition) is 4. The highest BCUT2D eigenvalue weighted by Crippen LogP contribution is 2.35.